The highest BCUT2D eigenvalue weighted by Crippen LogP contribution is 2.22. The number of rotatable bonds is 6. The predicted octanol–water partition coefficient (Wildman–Crippen LogP) is -2.71. The van der Waals surface area contributed by atoms with Crippen molar-refractivity contribution in [1.82, 2.24) is 5.32 Å². The molecule has 0 aliphatic carbocycles. The van der Waals surface area contributed by atoms with Gasteiger partial charge in [0.25, 0.3) is 0 Å². The van der Waals surface area contributed by atoms with Gasteiger partial charge in [-0.3, -0.25) is 4.79 Å². The molecule has 1 amide bonds. The van der Waals surface area contributed by atoms with Crippen molar-refractivity contribution in [2.45, 2.75) is 43.7 Å². The second-order valence-corrected chi connectivity index (χ2v) is 4.86. The van der Waals surface area contributed by atoms with Crippen molar-refractivity contribution >= 4 is 11.9 Å². The highest BCUT2D eigenvalue weighted by Gasteiger charge is 2.40. The first-order valence-corrected chi connectivity index (χ1v) is 6.37. The molecule has 1 heterocycles. The Kier molecular flexibility index (Phi) is 6.09. The number of hydrogen-bond acceptors (Lipinski definition) is 7. The fourth-order valence-electron chi connectivity index (χ4n) is 2.10. The maximum Gasteiger partial charge on any atom is 0.370 e. The van der Waals surface area contributed by atoms with Crippen LogP contribution in [0.25, 0.3) is 0 Å². The Hall–Kier alpha value is -1.68. The number of carboxylic acids is 1. The molecule has 0 saturated carbocycles. The van der Waals surface area contributed by atoms with Gasteiger partial charge in [-0.15, -0.1) is 0 Å². The van der Waals surface area contributed by atoms with Crippen LogP contribution in [-0.2, 0) is 14.3 Å². The van der Waals surface area contributed by atoms with E-state index in [0.717, 1.165) is 6.08 Å². The standard InChI is InChI=1S/C12H20N2O7/c1-5(16)14-10-7(13)3-9(12(19)20)21-11(10)8(18)2-6(17)4-15/h3,6-8,10-11,15,17-18H,2,4,13H2,1H3,(H,14,16)(H,19,20)/t6?,7-,8?,10+,11-/m0/s1. The molecule has 0 bridgehead atoms. The van der Waals surface area contributed by atoms with E-state index in [1.165, 1.54) is 6.92 Å². The third-order valence-corrected chi connectivity index (χ3v) is 3.06. The summed E-state index contributed by atoms with van der Waals surface area (Å²) in [4.78, 5) is 22.2. The van der Waals surface area contributed by atoms with Gasteiger partial charge in [0.1, 0.15) is 6.10 Å². The fourth-order valence-corrected chi connectivity index (χ4v) is 2.10. The number of carboxylic acid groups (broad SMARTS) is 1. The van der Waals surface area contributed by atoms with Gasteiger partial charge in [0.2, 0.25) is 11.7 Å². The third kappa shape index (κ3) is 4.67. The van der Waals surface area contributed by atoms with Crippen molar-refractivity contribution in [2.24, 2.45) is 5.73 Å². The smallest absolute Gasteiger partial charge is 0.370 e. The van der Waals surface area contributed by atoms with Gasteiger partial charge in [-0.25, -0.2) is 4.79 Å². The van der Waals surface area contributed by atoms with Crippen LogP contribution in [0.3, 0.4) is 0 Å². The van der Waals surface area contributed by atoms with Crippen LogP contribution < -0.4 is 11.1 Å². The van der Waals surface area contributed by atoms with Crippen LogP contribution in [0.1, 0.15) is 13.3 Å². The van der Waals surface area contributed by atoms with Gasteiger partial charge in [-0.2, -0.15) is 0 Å². The van der Waals surface area contributed by atoms with E-state index in [4.69, 9.17) is 20.7 Å². The van der Waals surface area contributed by atoms with E-state index in [1.807, 2.05) is 0 Å². The Morgan fingerprint density at radius 3 is 2.57 bits per heavy atom. The number of nitrogens with two attached hydrogens (primary N) is 1. The molecule has 0 aromatic rings. The SMILES string of the molecule is CC(=O)N[C@@H]1[C@@H](N)C=C(C(=O)O)O[C@H]1C(O)CC(O)CO. The summed E-state index contributed by atoms with van der Waals surface area (Å²) in [6.45, 7) is 0.678. The molecule has 0 saturated heterocycles. The number of aliphatic hydroxyl groups excluding tert-OH is 3. The minimum atomic E-state index is -1.35. The second-order valence-electron chi connectivity index (χ2n) is 4.86. The van der Waals surface area contributed by atoms with E-state index in [-0.39, 0.29) is 6.42 Å². The summed E-state index contributed by atoms with van der Waals surface area (Å²) in [6.07, 6.45) is -2.79. The first kappa shape index (κ1) is 17.4. The Balaban J connectivity index is 2.95. The van der Waals surface area contributed by atoms with Gasteiger partial charge in [-0.1, -0.05) is 0 Å². The minimum absolute atomic E-state index is 0.253. The summed E-state index contributed by atoms with van der Waals surface area (Å²) >= 11 is 0. The van der Waals surface area contributed by atoms with Crippen LogP contribution in [-0.4, -0.2) is 69.3 Å². The molecule has 7 N–H and O–H groups in total. The first-order valence-electron chi connectivity index (χ1n) is 6.37. The number of ether oxygens (including phenoxy) is 1. The topological polar surface area (TPSA) is 162 Å². The largest absolute Gasteiger partial charge is 0.478 e. The van der Waals surface area contributed by atoms with Crippen LogP contribution >= 0.6 is 0 Å². The Labute approximate surface area is 121 Å². The highest BCUT2D eigenvalue weighted by molar-refractivity contribution is 5.84. The van der Waals surface area contributed by atoms with Gasteiger partial charge >= 0.3 is 5.97 Å². The molecule has 9 heteroatoms. The van der Waals surface area contributed by atoms with Crippen molar-refractivity contribution in [3.8, 4) is 0 Å². The molecule has 5 atom stereocenters. The first-order chi connectivity index (χ1) is 9.76. The van der Waals surface area contributed by atoms with Crippen molar-refractivity contribution in [3.63, 3.8) is 0 Å². The van der Waals surface area contributed by atoms with Crippen molar-refractivity contribution < 1.29 is 34.8 Å². The number of hydrogen-bond donors (Lipinski definition) is 6. The zero-order valence-electron chi connectivity index (χ0n) is 11.5. The molecule has 0 aromatic carbocycles. The van der Waals surface area contributed by atoms with Crippen LogP contribution in [0.4, 0.5) is 0 Å². The molecule has 1 aliphatic heterocycles. The van der Waals surface area contributed by atoms with Crippen molar-refractivity contribution in [2.75, 3.05) is 6.61 Å². The average molecular weight is 304 g/mol. The van der Waals surface area contributed by atoms with Crippen LogP contribution in [0, 0.1) is 0 Å². The van der Waals surface area contributed by atoms with Gasteiger partial charge in [0.15, 0.2) is 0 Å². The average Bonchev–Trinajstić information content (AvgIpc) is 2.39. The molecule has 0 radical (unpaired) electrons. The van der Waals surface area contributed by atoms with Crippen LogP contribution in [0.15, 0.2) is 11.8 Å². The lowest BCUT2D eigenvalue weighted by Gasteiger charge is -2.37. The molecule has 0 aromatic heterocycles. The number of carbonyl (C=O) groups is 2. The van der Waals surface area contributed by atoms with Crippen LogP contribution in [0.5, 0.6) is 0 Å². The van der Waals surface area contributed by atoms with Crippen LogP contribution in [0.2, 0.25) is 0 Å². The normalized spacial score (nSPS) is 28.0. The van der Waals surface area contributed by atoms with Crippen molar-refractivity contribution in [1.29, 1.82) is 0 Å². The maximum atomic E-state index is 11.2. The van der Waals surface area contributed by atoms with Crippen molar-refractivity contribution in [3.05, 3.63) is 11.8 Å². The molecule has 1 rings (SSSR count). The Morgan fingerprint density at radius 2 is 2.10 bits per heavy atom. The maximum absolute atomic E-state index is 11.2. The predicted molar refractivity (Wildman–Crippen MR) is 69.9 cm³/mol. The lowest BCUT2D eigenvalue weighted by Crippen LogP contribution is -2.60. The van der Waals surface area contributed by atoms with E-state index in [2.05, 4.69) is 5.32 Å². The van der Waals surface area contributed by atoms with Gasteiger partial charge in [0, 0.05) is 13.3 Å². The number of carbonyl (C=O) groups excluding carboxylic acids is 1. The van der Waals surface area contributed by atoms with E-state index in [0.29, 0.717) is 0 Å². The number of amides is 1. The molecule has 1 aliphatic rings. The molecule has 9 nitrogen and oxygen atoms in total. The van der Waals surface area contributed by atoms with E-state index < -0.39 is 54.6 Å². The molecule has 0 spiro atoms. The number of aliphatic hydroxyl groups is 3. The number of aliphatic carboxylic acids is 1. The summed E-state index contributed by atoms with van der Waals surface area (Å²) in [7, 11) is 0. The highest BCUT2D eigenvalue weighted by atomic mass is 16.5. The monoisotopic (exact) mass is 304 g/mol. The molecule has 21 heavy (non-hydrogen) atoms. The molecular formula is C12H20N2O7. The molecule has 120 valence electrons. The third-order valence-electron chi connectivity index (χ3n) is 3.06. The van der Waals surface area contributed by atoms with Gasteiger partial charge in [0.05, 0.1) is 30.9 Å². The van der Waals surface area contributed by atoms with Gasteiger partial charge in [-0.05, 0) is 6.08 Å². The summed E-state index contributed by atoms with van der Waals surface area (Å²) in [5.74, 6) is -2.22. The second kappa shape index (κ2) is 7.36. The fraction of sp³-hybridized carbons (Fsp3) is 0.667. The summed E-state index contributed by atoms with van der Waals surface area (Å²) < 4.78 is 5.16. The zero-order chi connectivity index (χ0) is 16.2. The quantitative estimate of drug-likeness (QED) is 0.308. The zero-order valence-corrected chi connectivity index (χ0v) is 11.5. The lowest BCUT2D eigenvalue weighted by molar-refractivity contribution is -0.142. The molecule has 0 fully saturated rings. The summed E-state index contributed by atoms with van der Waals surface area (Å²) in [6, 6.07) is -1.73. The Morgan fingerprint density at radius 1 is 1.48 bits per heavy atom. The van der Waals surface area contributed by atoms with E-state index >= 15 is 0 Å². The summed E-state index contributed by atoms with van der Waals surface area (Å²) in [5.41, 5.74) is 5.79. The molecule has 2 unspecified atom stereocenters. The minimum Gasteiger partial charge on any atom is -0.478 e. The summed E-state index contributed by atoms with van der Waals surface area (Å²) in [5, 5.41) is 39.6. The Bertz CT molecular complexity index is 426. The van der Waals surface area contributed by atoms with Gasteiger partial charge < -0.3 is 36.2 Å². The number of nitrogens with one attached hydrogen (secondary N) is 1. The van der Waals surface area contributed by atoms with E-state index in [9.17, 15) is 19.8 Å². The van der Waals surface area contributed by atoms with E-state index in [1.54, 1.807) is 0 Å². The lowest BCUT2D eigenvalue weighted by atomic mass is 9.92. The molecular weight excluding hydrogens is 284 g/mol.